The zero-order chi connectivity index (χ0) is 13.2. The maximum atomic E-state index is 10.8. The van der Waals surface area contributed by atoms with Crippen LogP contribution in [0.3, 0.4) is 0 Å². The molecule has 0 bridgehead atoms. The largest absolute Gasteiger partial charge is 0.385 e. The molecule has 1 aliphatic heterocycles. The van der Waals surface area contributed by atoms with E-state index in [-0.39, 0.29) is 0 Å². The van der Waals surface area contributed by atoms with Crippen LogP contribution >= 0.6 is 0 Å². The van der Waals surface area contributed by atoms with E-state index in [2.05, 4.69) is 37.4 Å². The first kappa shape index (κ1) is 13.6. The molecule has 0 aliphatic carbocycles. The second-order valence-corrected chi connectivity index (χ2v) is 5.94. The highest BCUT2D eigenvalue weighted by atomic mass is 16.3. The minimum Gasteiger partial charge on any atom is -0.385 e. The van der Waals surface area contributed by atoms with E-state index in [0.717, 1.165) is 18.5 Å². The van der Waals surface area contributed by atoms with Gasteiger partial charge in [0.15, 0.2) is 0 Å². The summed E-state index contributed by atoms with van der Waals surface area (Å²) in [7, 11) is 0. The van der Waals surface area contributed by atoms with Crippen molar-refractivity contribution in [2.45, 2.75) is 58.1 Å². The summed E-state index contributed by atoms with van der Waals surface area (Å²) < 4.78 is 0. The fourth-order valence-corrected chi connectivity index (χ4v) is 3.00. The second kappa shape index (κ2) is 5.41. The van der Waals surface area contributed by atoms with E-state index in [4.69, 9.17) is 0 Å². The molecule has 2 rings (SSSR count). The predicted molar refractivity (Wildman–Crippen MR) is 75.7 cm³/mol. The normalized spacial score (nSPS) is 23.7. The molecule has 100 valence electrons. The van der Waals surface area contributed by atoms with Gasteiger partial charge in [0.2, 0.25) is 0 Å². The standard InChI is InChI=1S/C16H25NO/c1-12-7-8-13(2)15(10-12)16(3,18)11-14-6-4-5-9-17-14/h7-8,10,14,17-18H,4-6,9,11H2,1-3H3. The van der Waals surface area contributed by atoms with Gasteiger partial charge in [-0.05, 0) is 57.7 Å². The summed E-state index contributed by atoms with van der Waals surface area (Å²) in [6, 6.07) is 6.79. The monoisotopic (exact) mass is 247 g/mol. The molecule has 0 radical (unpaired) electrons. The van der Waals surface area contributed by atoms with Gasteiger partial charge in [-0.15, -0.1) is 0 Å². The summed E-state index contributed by atoms with van der Waals surface area (Å²) in [5.41, 5.74) is 2.74. The van der Waals surface area contributed by atoms with Crippen molar-refractivity contribution in [2.24, 2.45) is 0 Å². The molecule has 1 aromatic rings. The van der Waals surface area contributed by atoms with Crippen molar-refractivity contribution < 1.29 is 5.11 Å². The zero-order valence-corrected chi connectivity index (χ0v) is 11.8. The van der Waals surface area contributed by atoms with Crippen LogP contribution in [0.2, 0.25) is 0 Å². The number of rotatable bonds is 3. The Hall–Kier alpha value is -0.860. The fraction of sp³-hybridized carbons (Fsp3) is 0.625. The predicted octanol–water partition coefficient (Wildman–Crippen LogP) is 3.04. The van der Waals surface area contributed by atoms with E-state index in [1.165, 1.54) is 30.4 Å². The van der Waals surface area contributed by atoms with Crippen molar-refractivity contribution in [2.75, 3.05) is 6.54 Å². The van der Waals surface area contributed by atoms with Crippen molar-refractivity contribution in [3.8, 4) is 0 Å². The number of aryl methyl sites for hydroxylation is 2. The molecule has 0 amide bonds. The van der Waals surface area contributed by atoms with Gasteiger partial charge in [0.25, 0.3) is 0 Å². The lowest BCUT2D eigenvalue weighted by molar-refractivity contribution is 0.0326. The lowest BCUT2D eigenvalue weighted by Gasteiger charge is -2.33. The SMILES string of the molecule is Cc1ccc(C)c(C(C)(O)CC2CCCCN2)c1. The van der Waals surface area contributed by atoms with Crippen LogP contribution in [-0.2, 0) is 5.60 Å². The summed E-state index contributed by atoms with van der Waals surface area (Å²) >= 11 is 0. The Morgan fingerprint density at radius 3 is 2.78 bits per heavy atom. The van der Waals surface area contributed by atoms with Crippen LogP contribution in [0, 0.1) is 13.8 Å². The van der Waals surface area contributed by atoms with Gasteiger partial charge in [0.1, 0.15) is 0 Å². The molecule has 1 fully saturated rings. The van der Waals surface area contributed by atoms with Crippen molar-refractivity contribution >= 4 is 0 Å². The molecule has 1 saturated heterocycles. The second-order valence-electron chi connectivity index (χ2n) is 5.94. The molecule has 18 heavy (non-hydrogen) atoms. The summed E-state index contributed by atoms with van der Waals surface area (Å²) in [5, 5.41) is 14.3. The Labute approximate surface area is 110 Å². The summed E-state index contributed by atoms with van der Waals surface area (Å²) in [5.74, 6) is 0. The molecule has 1 aliphatic rings. The maximum absolute atomic E-state index is 10.8. The highest BCUT2D eigenvalue weighted by Crippen LogP contribution is 2.31. The van der Waals surface area contributed by atoms with E-state index in [0.29, 0.717) is 6.04 Å². The average Bonchev–Trinajstić information content (AvgIpc) is 2.33. The number of piperidine rings is 1. The minimum absolute atomic E-state index is 0.452. The molecular formula is C16H25NO. The highest BCUT2D eigenvalue weighted by molar-refractivity contribution is 5.34. The topological polar surface area (TPSA) is 32.3 Å². The van der Waals surface area contributed by atoms with Crippen molar-refractivity contribution in [3.63, 3.8) is 0 Å². The molecule has 2 unspecified atom stereocenters. The molecule has 0 aromatic heterocycles. The minimum atomic E-state index is -0.731. The van der Waals surface area contributed by atoms with Gasteiger partial charge in [-0.1, -0.05) is 30.2 Å². The summed E-state index contributed by atoms with van der Waals surface area (Å²) in [6.07, 6.45) is 4.53. The molecule has 2 atom stereocenters. The van der Waals surface area contributed by atoms with Gasteiger partial charge in [-0.2, -0.15) is 0 Å². The Morgan fingerprint density at radius 1 is 1.33 bits per heavy atom. The number of hydrogen-bond acceptors (Lipinski definition) is 2. The first-order valence-electron chi connectivity index (χ1n) is 7.02. The number of benzene rings is 1. The van der Waals surface area contributed by atoms with Gasteiger partial charge in [0.05, 0.1) is 5.60 Å². The van der Waals surface area contributed by atoms with Crippen molar-refractivity contribution in [1.82, 2.24) is 5.32 Å². The molecule has 0 saturated carbocycles. The Balaban J connectivity index is 2.15. The number of aliphatic hydroxyl groups is 1. The van der Waals surface area contributed by atoms with E-state index in [1.807, 2.05) is 6.92 Å². The highest BCUT2D eigenvalue weighted by Gasteiger charge is 2.29. The van der Waals surface area contributed by atoms with E-state index < -0.39 is 5.60 Å². The quantitative estimate of drug-likeness (QED) is 0.860. The van der Waals surface area contributed by atoms with Crippen LogP contribution < -0.4 is 5.32 Å². The van der Waals surface area contributed by atoms with Gasteiger partial charge in [-0.3, -0.25) is 0 Å². The van der Waals surface area contributed by atoms with Crippen LogP contribution in [0.4, 0.5) is 0 Å². The van der Waals surface area contributed by atoms with Crippen molar-refractivity contribution in [3.05, 3.63) is 34.9 Å². The Morgan fingerprint density at radius 2 is 2.11 bits per heavy atom. The lowest BCUT2D eigenvalue weighted by atomic mass is 9.83. The van der Waals surface area contributed by atoms with Crippen LogP contribution in [0.1, 0.15) is 49.3 Å². The van der Waals surface area contributed by atoms with Gasteiger partial charge >= 0.3 is 0 Å². The van der Waals surface area contributed by atoms with Crippen LogP contribution in [0.15, 0.2) is 18.2 Å². The summed E-state index contributed by atoms with van der Waals surface area (Å²) in [6.45, 7) is 7.20. The van der Waals surface area contributed by atoms with Crippen LogP contribution in [-0.4, -0.2) is 17.7 Å². The molecule has 1 heterocycles. The average molecular weight is 247 g/mol. The smallest absolute Gasteiger partial charge is 0.0886 e. The first-order valence-corrected chi connectivity index (χ1v) is 7.02. The Kier molecular flexibility index (Phi) is 4.08. The van der Waals surface area contributed by atoms with E-state index >= 15 is 0 Å². The Bertz CT molecular complexity index is 406. The summed E-state index contributed by atoms with van der Waals surface area (Å²) in [4.78, 5) is 0. The fourth-order valence-electron chi connectivity index (χ4n) is 3.00. The van der Waals surface area contributed by atoms with E-state index in [9.17, 15) is 5.11 Å². The first-order chi connectivity index (χ1) is 8.49. The van der Waals surface area contributed by atoms with Gasteiger partial charge in [0, 0.05) is 6.04 Å². The number of hydrogen-bond donors (Lipinski definition) is 2. The molecule has 1 aromatic carbocycles. The molecule has 2 N–H and O–H groups in total. The molecule has 0 spiro atoms. The van der Waals surface area contributed by atoms with Gasteiger partial charge < -0.3 is 10.4 Å². The third-order valence-electron chi connectivity index (χ3n) is 4.03. The third kappa shape index (κ3) is 3.12. The molecule has 2 nitrogen and oxygen atoms in total. The molecule has 2 heteroatoms. The zero-order valence-electron chi connectivity index (χ0n) is 11.8. The van der Waals surface area contributed by atoms with Crippen LogP contribution in [0.5, 0.6) is 0 Å². The van der Waals surface area contributed by atoms with E-state index in [1.54, 1.807) is 0 Å². The van der Waals surface area contributed by atoms with Crippen LogP contribution in [0.25, 0.3) is 0 Å². The third-order valence-corrected chi connectivity index (χ3v) is 4.03. The maximum Gasteiger partial charge on any atom is 0.0886 e. The molecular weight excluding hydrogens is 222 g/mol. The number of nitrogens with one attached hydrogen (secondary N) is 1. The lowest BCUT2D eigenvalue weighted by Crippen LogP contribution is -2.40. The van der Waals surface area contributed by atoms with Crippen molar-refractivity contribution in [1.29, 1.82) is 0 Å². The van der Waals surface area contributed by atoms with Gasteiger partial charge in [-0.25, -0.2) is 0 Å².